The van der Waals surface area contributed by atoms with Crippen LogP contribution in [0.15, 0.2) is 0 Å². The summed E-state index contributed by atoms with van der Waals surface area (Å²) in [6.07, 6.45) is 26.6. The van der Waals surface area contributed by atoms with E-state index in [1.807, 2.05) is 0 Å². The summed E-state index contributed by atoms with van der Waals surface area (Å²) in [5, 5.41) is 0. The molecule has 0 N–H and O–H groups in total. The smallest absolute Gasteiger partial charge is 0.282 e. The lowest BCUT2D eigenvalue weighted by Gasteiger charge is -2.33. The van der Waals surface area contributed by atoms with Gasteiger partial charge in [0.05, 0.1) is 19.8 Å². The van der Waals surface area contributed by atoms with Crippen molar-refractivity contribution >= 4 is 0 Å². The van der Waals surface area contributed by atoms with E-state index in [-0.39, 0.29) is 0 Å². The van der Waals surface area contributed by atoms with Gasteiger partial charge in [0, 0.05) is 6.42 Å². The van der Waals surface area contributed by atoms with Crippen molar-refractivity contribution in [2.75, 3.05) is 19.8 Å². The van der Waals surface area contributed by atoms with E-state index in [1.54, 1.807) is 0 Å². The molecule has 0 aromatic rings. The summed E-state index contributed by atoms with van der Waals surface area (Å²) in [5.74, 6) is -0.812. The third kappa shape index (κ3) is 20.5. The fourth-order valence-electron chi connectivity index (χ4n) is 4.09. The van der Waals surface area contributed by atoms with Crippen LogP contribution in [0.3, 0.4) is 0 Å². The quantitative estimate of drug-likeness (QED) is 0.0908. The lowest BCUT2D eigenvalue weighted by Crippen LogP contribution is -2.40. The van der Waals surface area contributed by atoms with Crippen molar-refractivity contribution in [1.29, 1.82) is 0 Å². The first-order valence-electron chi connectivity index (χ1n) is 14.7. The fraction of sp³-hybridized carbons (Fsp3) is 1.00. The average molecular weight is 457 g/mol. The molecular weight excluding hydrogens is 396 g/mol. The van der Waals surface area contributed by atoms with Gasteiger partial charge in [-0.1, -0.05) is 130 Å². The highest BCUT2D eigenvalue weighted by molar-refractivity contribution is 4.61. The predicted octanol–water partition coefficient (Wildman–Crippen LogP) is 9.96. The molecular formula is C29H60O3. The molecule has 0 spiro atoms. The van der Waals surface area contributed by atoms with Gasteiger partial charge in [0.1, 0.15) is 0 Å². The standard InChI is InChI=1S/C29H60O3/c1-5-9-12-14-16-18-19-21-23-25-29(30-26-8-4,31-27-11-7-3)32-28-24-22-20-17-15-13-10-6-2/h5-28H2,1-4H3. The summed E-state index contributed by atoms with van der Waals surface area (Å²) in [6.45, 7) is 11.1. The van der Waals surface area contributed by atoms with Gasteiger partial charge in [-0.3, -0.25) is 0 Å². The highest BCUT2D eigenvalue weighted by Crippen LogP contribution is 2.26. The first kappa shape index (κ1) is 31.9. The van der Waals surface area contributed by atoms with Crippen molar-refractivity contribution < 1.29 is 14.2 Å². The van der Waals surface area contributed by atoms with Crippen LogP contribution in [0.2, 0.25) is 0 Å². The molecule has 0 aromatic heterocycles. The molecule has 3 nitrogen and oxygen atoms in total. The van der Waals surface area contributed by atoms with Gasteiger partial charge in [-0.2, -0.15) is 0 Å². The van der Waals surface area contributed by atoms with Crippen LogP contribution < -0.4 is 0 Å². The fourth-order valence-corrected chi connectivity index (χ4v) is 4.09. The molecule has 0 aromatic carbocycles. The van der Waals surface area contributed by atoms with Crippen LogP contribution in [-0.2, 0) is 14.2 Å². The van der Waals surface area contributed by atoms with Crippen molar-refractivity contribution in [2.45, 2.75) is 169 Å². The van der Waals surface area contributed by atoms with E-state index in [0.717, 1.165) is 51.7 Å². The zero-order chi connectivity index (χ0) is 23.6. The Labute approximate surface area is 202 Å². The molecule has 3 heteroatoms. The van der Waals surface area contributed by atoms with Gasteiger partial charge < -0.3 is 14.2 Å². The molecule has 0 fully saturated rings. The lowest BCUT2D eigenvalue weighted by atomic mass is 10.1. The second-order valence-electron chi connectivity index (χ2n) is 9.64. The molecule has 0 amide bonds. The van der Waals surface area contributed by atoms with Crippen molar-refractivity contribution in [3.8, 4) is 0 Å². The van der Waals surface area contributed by atoms with Crippen LogP contribution in [0.5, 0.6) is 0 Å². The van der Waals surface area contributed by atoms with Crippen LogP contribution >= 0.6 is 0 Å². The number of hydrogen-bond donors (Lipinski definition) is 0. The Balaban J connectivity index is 4.29. The zero-order valence-corrected chi connectivity index (χ0v) is 22.7. The summed E-state index contributed by atoms with van der Waals surface area (Å²) in [4.78, 5) is 0. The molecule has 194 valence electrons. The van der Waals surface area contributed by atoms with E-state index >= 15 is 0 Å². The van der Waals surface area contributed by atoms with Crippen molar-refractivity contribution in [1.82, 2.24) is 0 Å². The van der Waals surface area contributed by atoms with Crippen molar-refractivity contribution in [3.63, 3.8) is 0 Å². The monoisotopic (exact) mass is 456 g/mol. The first-order chi connectivity index (χ1) is 15.7. The maximum absolute atomic E-state index is 6.35. The van der Waals surface area contributed by atoms with E-state index in [2.05, 4.69) is 27.7 Å². The normalized spacial score (nSPS) is 13.5. The van der Waals surface area contributed by atoms with Gasteiger partial charge in [0.25, 0.3) is 5.97 Å². The van der Waals surface area contributed by atoms with Crippen LogP contribution in [0.1, 0.15) is 163 Å². The number of rotatable bonds is 27. The van der Waals surface area contributed by atoms with Crippen molar-refractivity contribution in [3.05, 3.63) is 0 Å². The van der Waals surface area contributed by atoms with E-state index in [1.165, 1.54) is 96.3 Å². The highest BCUT2D eigenvalue weighted by atomic mass is 16.9. The SMILES string of the molecule is CCCCCCCCCCCC(OCCC)(OCCCC)OCCCCCCCCCC. The number of hydrogen-bond acceptors (Lipinski definition) is 3. The minimum absolute atomic E-state index is 0.709. The van der Waals surface area contributed by atoms with E-state index in [0.29, 0.717) is 6.61 Å². The zero-order valence-electron chi connectivity index (χ0n) is 22.7. The van der Waals surface area contributed by atoms with Gasteiger partial charge in [0.15, 0.2) is 0 Å². The number of unbranched alkanes of at least 4 members (excludes halogenated alkanes) is 16. The van der Waals surface area contributed by atoms with Crippen LogP contribution in [0.25, 0.3) is 0 Å². The Morgan fingerprint density at radius 1 is 0.344 bits per heavy atom. The second-order valence-corrected chi connectivity index (χ2v) is 9.64. The topological polar surface area (TPSA) is 27.7 Å². The minimum atomic E-state index is -0.812. The lowest BCUT2D eigenvalue weighted by molar-refractivity contribution is -0.384. The molecule has 0 saturated carbocycles. The third-order valence-corrected chi connectivity index (χ3v) is 6.25. The van der Waals surface area contributed by atoms with Gasteiger partial charge in [-0.05, 0) is 25.7 Å². The Morgan fingerprint density at radius 3 is 1.19 bits per heavy atom. The maximum Gasteiger partial charge on any atom is 0.282 e. The molecule has 1 unspecified atom stereocenters. The number of ether oxygens (including phenoxy) is 3. The molecule has 1 atom stereocenters. The molecule has 0 saturated heterocycles. The third-order valence-electron chi connectivity index (χ3n) is 6.25. The Hall–Kier alpha value is -0.120. The molecule has 0 radical (unpaired) electrons. The summed E-state index contributed by atoms with van der Waals surface area (Å²) in [5.41, 5.74) is 0. The van der Waals surface area contributed by atoms with Crippen LogP contribution in [-0.4, -0.2) is 25.8 Å². The molecule has 0 aliphatic rings. The summed E-state index contributed by atoms with van der Waals surface area (Å²) >= 11 is 0. The van der Waals surface area contributed by atoms with Crippen molar-refractivity contribution in [2.24, 2.45) is 0 Å². The van der Waals surface area contributed by atoms with Gasteiger partial charge >= 0.3 is 0 Å². The summed E-state index contributed by atoms with van der Waals surface area (Å²) in [7, 11) is 0. The van der Waals surface area contributed by atoms with Gasteiger partial charge in [0.2, 0.25) is 0 Å². The molecule has 0 bridgehead atoms. The molecule has 32 heavy (non-hydrogen) atoms. The van der Waals surface area contributed by atoms with Crippen LogP contribution in [0.4, 0.5) is 0 Å². The molecule has 0 heterocycles. The van der Waals surface area contributed by atoms with E-state index < -0.39 is 5.97 Å². The Bertz CT molecular complexity index is 323. The summed E-state index contributed by atoms with van der Waals surface area (Å²) < 4.78 is 18.8. The predicted molar refractivity (Wildman–Crippen MR) is 140 cm³/mol. The second kappa shape index (κ2) is 25.5. The molecule has 0 rings (SSSR count). The van der Waals surface area contributed by atoms with Gasteiger partial charge in [-0.15, -0.1) is 0 Å². The average Bonchev–Trinajstić information content (AvgIpc) is 2.80. The van der Waals surface area contributed by atoms with Gasteiger partial charge in [-0.25, -0.2) is 0 Å². The van der Waals surface area contributed by atoms with Crippen LogP contribution in [0, 0.1) is 0 Å². The van der Waals surface area contributed by atoms with E-state index in [9.17, 15) is 0 Å². The molecule has 0 aliphatic carbocycles. The highest BCUT2D eigenvalue weighted by Gasteiger charge is 2.32. The Kier molecular flexibility index (Phi) is 25.4. The Morgan fingerprint density at radius 2 is 0.719 bits per heavy atom. The minimum Gasteiger partial charge on any atom is -0.327 e. The maximum atomic E-state index is 6.35. The molecule has 0 aliphatic heterocycles. The summed E-state index contributed by atoms with van der Waals surface area (Å²) in [6, 6.07) is 0. The largest absolute Gasteiger partial charge is 0.327 e. The first-order valence-corrected chi connectivity index (χ1v) is 14.7. The van der Waals surface area contributed by atoms with E-state index in [4.69, 9.17) is 14.2 Å².